The van der Waals surface area contributed by atoms with Crippen LogP contribution in [0.2, 0.25) is 0 Å². The Balaban J connectivity index is 2.09. The molecule has 0 aliphatic rings. The molecule has 1 aromatic carbocycles. The summed E-state index contributed by atoms with van der Waals surface area (Å²) in [5, 5.41) is 0. The first-order chi connectivity index (χ1) is 9.72. The molecule has 1 heterocycles. The number of amides is 1. The van der Waals surface area contributed by atoms with E-state index in [0.29, 0.717) is 13.1 Å². The number of benzene rings is 1. The van der Waals surface area contributed by atoms with Crippen LogP contribution in [0.4, 0.5) is 0 Å². The van der Waals surface area contributed by atoms with Gasteiger partial charge < -0.3 is 10.6 Å². The molecule has 1 atom stereocenters. The molecule has 0 saturated heterocycles. The van der Waals surface area contributed by atoms with Crippen molar-refractivity contribution in [2.75, 3.05) is 6.54 Å². The predicted molar refractivity (Wildman–Crippen MR) is 78.7 cm³/mol. The SMILES string of the molecule is CCN(Cc1ccccn1)C(=O)[C@H](N)c1ccccc1. The molecule has 1 aromatic heterocycles. The van der Waals surface area contributed by atoms with Crippen molar-refractivity contribution in [2.45, 2.75) is 19.5 Å². The summed E-state index contributed by atoms with van der Waals surface area (Å²) in [6.07, 6.45) is 1.73. The molecule has 0 spiro atoms. The van der Waals surface area contributed by atoms with E-state index in [2.05, 4.69) is 4.98 Å². The third kappa shape index (κ3) is 3.42. The number of carbonyl (C=O) groups excluding carboxylic acids is 1. The summed E-state index contributed by atoms with van der Waals surface area (Å²) in [5.41, 5.74) is 7.75. The molecule has 104 valence electrons. The van der Waals surface area contributed by atoms with E-state index in [4.69, 9.17) is 5.73 Å². The number of pyridine rings is 1. The maximum atomic E-state index is 12.5. The highest BCUT2D eigenvalue weighted by molar-refractivity contribution is 5.83. The fraction of sp³-hybridized carbons (Fsp3) is 0.250. The van der Waals surface area contributed by atoms with Crippen molar-refractivity contribution in [3.05, 3.63) is 66.0 Å². The summed E-state index contributed by atoms with van der Waals surface area (Å²) in [7, 11) is 0. The predicted octanol–water partition coefficient (Wildman–Crippen LogP) is 2.13. The first-order valence-corrected chi connectivity index (χ1v) is 6.71. The minimum atomic E-state index is -0.625. The van der Waals surface area contributed by atoms with Crippen LogP contribution in [0.5, 0.6) is 0 Å². The van der Waals surface area contributed by atoms with E-state index in [1.165, 1.54) is 0 Å². The van der Waals surface area contributed by atoms with Crippen LogP contribution >= 0.6 is 0 Å². The fourth-order valence-corrected chi connectivity index (χ4v) is 2.03. The van der Waals surface area contributed by atoms with Crippen molar-refractivity contribution in [1.82, 2.24) is 9.88 Å². The second kappa shape index (κ2) is 6.82. The van der Waals surface area contributed by atoms with Crippen LogP contribution in [0.3, 0.4) is 0 Å². The molecule has 4 nitrogen and oxygen atoms in total. The summed E-state index contributed by atoms with van der Waals surface area (Å²) in [6, 6.07) is 14.5. The van der Waals surface area contributed by atoms with Gasteiger partial charge in [0, 0.05) is 12.7 Å². The quantitative estimate of drug-likeness (QED) is 0.904. The molecular weight excluding hydrogens is 250 g/mol. The topological polar surface area (TPSA) is 59.2 Å². The molecule has 0 unspecified atom stereocenters. The first-order valence-electron chi connectivity index (χ1n) is 6.71. The molecule has 20 heavy (non-hydrogen) atoms. The molecule has 0 aliphatic carbocycles. The van der Waals surface area contributed by atoms with Gasteiger partial charge in [-0.1, -0.05) is 36.4 Å². The molecule has 2 rings (SSSR count). The van der Waals surface area contributed by atoms with Gasteiger partial charge in [0.25, 0.3) is 0 Å². The smallest absolute Gasteiger partial charge is 0.244 e. The van der Waals surface area contributed by atoms with Gasteiger partial charge in [0.2, 0.25) is 5.91 Å². The Bertz CT molecular complexity index is 542. The van der Waals surface area contributed by atoms with E-state index in [-0.39, 0.29) is 5.91 Å². The second-order valence-electron chi connectivity index (χ2n) is 4.56. The van der Waals surface area contributed by atoms with Crippen LogP contribution in [0, 0.1) is 0 Å². The summed E-state index contributed by atoms with van der Waals surface area (Å²) < 4.78 is 0. The van der Waals surface area contributed by atoms with Gasteiger partial charge >= 0.3 is 0 Å². The molecule has 2 N–H and O–H groups in total. The fourth-order valence-electron chi connectivity index (χ4n) is 2.03. The highest BCUT2D eigenvalue weighted by Crippen LogP contribution is 2.14. The third-order valence-electron chi connectivity index (χ3n) is 3.20. The maximum absolute atomic E-state index is 12.5. The molecule has 4 heteroatoms. The van der Waals surface area contributed by atoms with Crippen molar-refractivity contribution < 1.29 is 4.79 Å². The Morgan fingerprint density at radius 3 is 2.50 bits per heavy atom. The zero-order valence-corrected chi connectivity index (χ0v) is 11.6. The average Bonchev–Trinajstić information content (AvgIpc) is 2.53. The van der Waals surface area contributed by atoms with Crippen LogP contribution in [0.15, 0.2) is 54.7 Å². The van der Waals surface area contributed by atoms with Crippen molar-refractivity contribution in [3.8, 4) is 0 Å². The van der Waals surface area contributed by atoms with E-state index in [9.17, 15) is 4.79 Å². The lowest BCUT2D eigenvalue weighted by Gasteiger charge is -2.24. The van der Waals surface area contributed by atoms with Gasteiger partial charge in [-0.15, -0.1) is 0 Å². The van der Waals surface area contributed by atoms with Crippen LogP contribution in [0.1, 0.15) is 24.2 Å². The highest BCUT2D eigenvalue weighted by atomic mass is 16.2. The first kappa shape index (κ1) is 14.2. The highest BCUT2D eigenvalue weighted by Gasteiger charge is 2.21. The standard InChI is InChI=1S/C16H19N3O/c1-2-19(12-14-10-6-7-11-18-14)16(20)15(17)13-8-4-3-5-9-13/h3-11,15H,2,12,17H2,1H3/t15-/m1/s1. The average molecular weight is 269 g/mol. The van der Waals surface area contributed by atoms with E-state index in [1.54, 1.807) is 11.1 Å². The maximum Gasteiger partial charge on any atom is 0.244 e. The van der Waals surface area contributed by atoms with Crippen molar-refractivity contribution in [2.24, 2.45) is 5.73 Å². The lowest BCUT2D eigenvalue weighted by atomic mass is 10.1. The van der Waals surface area contributed by atoms with E-state index < -0.39 is 6.04 Å². The Kier molecular flexibility index (Phi) is 4.85. The van der Waals surface area contributed by atoms with Crippen molar-refractivity contribution >= 4 is 5.91 Å². The summed E-state index contributed by atoms with van der Waals surface area (Å²) in [5.74, 6) is -0.0793. The van der Waals surface area contributed by atoms with Crippen LogP contribution < -0.4 is 5.73 Å². The lowest BCUT2D eigenvalue weighted by Crippen LogP contribution is -2.38. The van der Waals surface area contributed by atoms with Crippen molar-refractivity contribution in [1.29, 1.82) is 0 Å². The minimum Gasteiger partial charge on any atom is -0.335 e. The molecule has 0 fully saturated rings. The zero-order valence-electron chi connectivity index (χ0n) is 11.6. The number of aromatic nitrogens is 1. The largest absolute Gasteiger partial charge is 0.335 e. The Labute approximate surface area is 119 Å². The van der Waals surface area contributed by atoms with Gasteiger partial charge in [-0.3, -0.25) is 9.78 Å². The second-order valence-corrected chi connectivity index (χ2v) is 4.56. The number of likely N-dealkylation sites (N-methyl/N-ethyl adjacent to an activating group) is 1. The molecule has 0 radical (unpaired) electrons. The van der Waals surface area contributed by atoms with Gasteiger partial charge in [-0.2, -0.15) is 0 Å². The van der Waals surface area contributed by atoms with Gasteiger partial charge in [-0.25, -0.2) is 0 Å². The van der Waals surface area contributed by atoms with Crippen molar-refractivity contribution in [3.63, 3.8) is 0 Å². The molecule has 1 amide bonds. The molecule has 2 aromatic rings. The van der Waals surface area contributed by atoms with Gasteiger partial charge in [-0.05, 0) is 24.6 Å². The van der Waals surface area contributed by atoms with E-state index >= 15 is 0 Å². The van der Waals surface area contributed by atoms with E-state index in [0.717, 1.165) is 11.3 Å². The molecular formula is C16H19N3O. The van der Waals surface area contributed by atoms with Crippen LogP contribution in [0.25, 0.3) is 0 Å². The Hall–Kier alpha value is -2.20. The summed E-state index contributed by atoms with van der Waals surface area (Å²) in [6.45, 7) is 3.03. The number of carbonyl (C=O) groups is 1. The number of hydrogen-bond acceptors (Lipinski definition) is 3. The molecule has 0 saturated carbocycles. The van der Waals surface area contributed by atoms with Crippen LogP contribution in [-0.4, -0.2) is 22.3 Å². The van der Waals surface area contributed by atoms with E-state index in [1.807, 2.05) is 55.5 Å². The molecule has 0 aliphatic heterocycles. The number of nitrogens with zero attached hydrogens (tertiary/aromatic N) is 2. The van der Waals surface area contributed by atoms with Crippen LogP contribution in [-0.2, 0) is 11.3 Å². The normalized spacial score (nSPS) is 11.9. The Morgan fingerprint density at radius 1 is 1.20 bits per heavy atom. The number of hydrogen-bond donors (Lipinski definition) is 1. The van der Waals surface area contributed by atoms with Gasteiger partial charge in [0.1, 0.15) is 6.04 Å². The minimum absolute atomic E-state index is 0.0793. The summed E-state index contributed by atoms with van der Waals surface area (Å²) in [4.78, 5) is 18.4. The third-order valence-corrected chi connectivity index (χ3v) is 3.20. The molecule has 0 bridgehead atoms. The number of nitrogens with two attached hydrogens (primary N) is 1. The Morgan fingerprint density at radius 2 is 1.90 bits per heavy atom. The summed E-state index contributed by atoms with van der Waals surface area (Å²) >= 11 is 0. The van der Waals surface area contributed by atoms with Gasteiger partial charge in [0.15, 0.2) is 0 Å². The zero-order chi connectivity index (χ0) is 14.4. The number of rotatable bonds is 5. The lowest BCUT2D eigenvalue weighted by molar-refractivity contribution is -0.133. The monoisotopic (exact) mass is 269 g/mol. The van der Waals surface area contributed by atoms with Gasteiger partial charge in [0.05, 0.1) is 12.2 Å².